The number of hydrogen-bond acceptors (Lipinski definition) is 5. The van der Waals surface area contributed by atoms with Crippen molar-refractivity contribution in [3.05, 3.63) is 45.8 Å². The number of nitrogens with zero attached hydrogens (tertiary/aromatic N) is 2. The van der Waals surface area contributed by atoms with Gasteiger partial charge in [-0.2, -0.15) is 0 Å². The Bertz CT molecular complexity index is 738. The largest absolute Gasteiger partial charge is 0.392 e. The average molecular weight is 407 g/mol. The molecule has 1 aromatic rings. The maximum absolute atomic E-state index is 12.4. The molecule has 5 nitrogen and oxygen atoms in total. The van der Waals surface area contributed by atoms with Gasteiger partial charge in [0.15, 0.2) is 0 Å². The Balaban J connectivity index is 1.47. The number of aliphatic hydroxyl groups is 1. The van der Waals surface area contributed by atoms with Crippen molar-refractivity contribution in [2.45, 2.75) is 44.7 Å². The van der Waals surface area contributed by atoms with Gasteiger partial charge in [-0.15, -0.1) is 11.8 Å². The molecular weight excluding hydrogens is 380 g/mol. The van der Waals surface area contributed by atoms with Crippen molar-refractivity contribution in [1.29, 1.82) is 0 Å². The number of rotatable bonds is 8. The summed E-state index contributed by atoms with van der Waals surface area (Å²) in [7, 11) is 1.83. The summed E-state index contributed by atoms with van der Waals surface area (Å²) in [6.07, 6.45) is 0.479. The Kier molecular flexibility index (Phi) is 6.55. The van der Waals surface area contributed by atoms with E-state index in [1.165, 1.54) is 0 Å². The molecule has 0 saturated carbocycles. The van der Waals surface area contributed by atoms with Crippen molar-refractivity contribution in [1.82, 2.24) is 9.80 Å². The number of hydrogen-bond donors (Lipinski definition) is 1. The third-order valence-electron chi connectivity index (χ3n) is 5.04. The van der Waals surface area contributed by atoms with E-state index in [-0.39, 0.29) is 23.1 Å². The predicted octanol–water partition coefficient (Wildman–Crippen LogP) is 3.26. The topological polar surface area (TPSA) is 60.9 Å². The van der Waals surface area contributed by atoms with Crippen molar-refractivity contribution in [2.24, 2.45) is 5.92 Å². The van der Waals surface area contributed by atoms with Gasteiger partial charge < -0.3 is 14.9 Å². The third-order valence-corrected chi connectivity index (χ3v) is 7.90. The lowest BCUT2D eigenvalue weighted by molar-refractivity contribution is -0.153. The van der Waals surface area contributed by atoms with Crippen LogP contribution in [0.25, 0.3) is 0 Å². The first kappa shape index (κ1) is 20.3. The maximum Gasteiger partial charge on any atom is 0.236 e. The Morgan fingerprint density at radius 2 is 2.07 bits per heavy atom. The van der Waals surface area contributed by atoms with Crippen molar-refractivity contribution in [3.8, 4) is 0 Å². The van der Waals surface area contributed by atoms with E-state index in [4.69, 9.17) is 0 Å². The van der Waals surface area contributed by atoms with Crippen molar-refractivity contribution in [3.63, 3.8) is 0 Å². The molecule has 1 N–H and O–H groups in total. The quantitative estimate of drug-likeness (QED) is 0.672. The highest BCUT2D eigenvalue weighted by molar-refractivity contribution is 8.22. The summed E-state index contributed by atoms with van der Waals surface area (Å²) < 4.78 is 1.10. The second kappa shape index (κ2) is 8.71. The molecule has 146 valence electrons. The van der Waals surface area contributed by atoms with Crippen LogP contribution < -0.4 is 0 Å². The number of carbonyl (C=O) groups is 2. The van der Waals surface area contributed by atoms with E-state index in [2.05, 4.69) is 0 Å². The van der Waals surface area contributed by atoms with E-state index in [1.807, 2.05) is 51.2 Å². The van der Waals surface area contributed by atoms with Gasteiger partial charge in [-0.25, -0.2) is 0 Å². The van der Waals surface area contributed by atoms with Gasteiger partial charge in [-0.1, -0.05) is 49.0 Å². The van der Waals surface area contributed by atoms with Crippen LogP contribution in [-0.4, -0.2) is 51.0 Å². The fourth-order valence-electron chi connectivity index (χ4n) is 3.38. The van der Waals surface area contributed by atoms with Crippen LogP contribution in [0.3, 0.4) is 0 Å². The van der Waals surface area contributed by atoms with Crippen LogP contribution in [0.1, 0.15) is 32.3 Å². The lowest BCUT2D eigenvalue weighted by Crippen LogP contribution is -2.60. The molecule has 0 unspecified atom stereocenters. The van der Waals surface area contributed by atoms with Gasteiger partial charge in [0.2, 0.25) is 11.8 Å². The Morgan fingerprint density at radius 3 is 2.74 bits per heavy atom. The molecule has 2 aliphatic heterocycles. The first-order chi connectivity index (χ1) is 12.9. The number of allylic oxidation sites excluding steroid dienone is 1. The molecule has 3 atom stereocenters. The molecule has 0 spiro atoms. The second-order valence-corrected chi connectivity index (χ2v) is 9.42. The van der Waals surface area contributed by atoms with Crippen molar-refractivity contribution in [2.75, 3.05) is 12.8 Å². The van der Waals surface area contributed by atoms with Gasteiger partial charge in [0.05, 0.1) is 16.3 Å². The Labute approximate surface area is 169 Å². The number of benzene rings is 1. The zero-order valence-corrected chi connectivity index (χ0v) is 17.6. The monoisotopic (exact) mass is 406 g/mol. The first-order valence-electron chi connectivity index (χ1n) is 9.23. The minimum absolute atomic E-state index is 0.0198. The van der Waals surface area contributed by atoms with Crippen LogP contribution >= 0.6 is 23.5 Å². The van der Waals surface area contributed by atoms with Crippen LogP contribution in [0, 0.1) is 5.92 Å². The van der Waals surface area contributed by atoms with Crippen LogP contribution in [0.2, 0.25) is 0 Å². The molecule has 0 aliphatic carbocycles. The van der Waals surface area contributed by atoms with Gasteiger partial charge in [0, 0.05) is 31.5 Å². The molecule has 0 aromatic heterocycles. The summed E-state index contributed by atoms with van der Waals surface area (Å²) in [5, 5.41) is 10.1. The van der Waals surface area contributed by atoms with E-state index in [0.29, 0.717) is 25.1 Å². The van der Waals surface area contributed by atoms with E-state index >= 15 is 0 Å². The normalized spacial score (nSPS) is 22.5. The van der Waals surface area contributed by atoms with Gasteiger partial charge in [0.25, 0.3) is 0 Å². The SMILES string of the molecule is CC[C@H](O)[C@@H]1C(=O)N2C(C)=C(SCCC(=O)N(C)Cc3ccccc3)S[C@H]12. The molecule has 1 saturated heterocycles. The molecule has 3 rings (SSSR count). The zero-order chi connectivity index (χ0) is 19.6. The van der Waals surface area contributed by atoms with E-state index in [0.717, 1.165) is 15.5 Å². The van der Waals surface area contributed by atoms with E-state index < -0.39 is 6.10 Å². The van der Waals surface area contributed by atoms with Crippen molar-refractivity contribution >= 4 is 35.3 Å². The highest BCUT2D eigenvalue weighted by atomic mass is 32.2. The number of carbonyl (C=O) groups excluding carboxylic acids is 2. The molecule has 1 fully saturated rings. The molecule has 0 bridgehead atoms. The lowest BCUT2D eigenvalue weighted by atomic mass is 9.90. The number of aliphatic hydroxyl groups excluding tert-OH is 1. The average Bonchev–Trinajstić information content (AvgIpc) is 2.94. The number of amides is 2. The smallest absolute Gasteiger partial charge is 0.236 e. The van der Waals surface area contributed by atoms with E-state index in [9.17, 15) is 14.7 Å². The van der Waals surface area contributed by atoms with Gasteiger partial charge >= 0.3 is 0 Å². The number of β-lactam (4-membered cyclic amide) rings is 1. The minimum atomic E-state index is -0.573. The second-order valence-electron chi connectivity index (χ2n) is 6.92. The lowest BCUT2D eigenvalue weighted by Gasteiger charge is -2.44. The third kappa shape index (κ3) is 4.20. The van der Waals surface area contributed by atoms with Crippen LogP contribution in [0.15, 0.2) is 40.3 Å². The molecule has 2 aliphatic rings. The summed E-state index contributed by atoms with van der Waals surface area (Å²) >= 11 is 3.28. The van der Waals surface area contributed by atoms with Crippen LogP contribution in [0.4, 0.5) is 0 Å². The highest BCUT2D eigenvalue weighted by Gasteiger charge is 2.55. The molecular formula is C20H26N2O3S2. The minimum Gasteiger partial charge on any atom is -0.392 e. The first-order valence-corrected chi connectivity index (χ1v) is 11.1. The maximum atomic E-state index is 12.4. The Morgan fingerprint density at radius 1 is 1.37 bits per heavy atom. The summed E-state index contributed by atoms with van der Waals surface area (Å²) in [6, 6.07) is 9.96. The molecule has 2 amide bonds. The highest BCUT2D eigenvalue weighted by Crippen LogP contribution is 2.53. The molecule has 27 heavy (non-hydrogen) atoms. The van der Waals surface area contributed by atoms with Gasteiger partial charge in [-0.3, -0.25) is 9.59 Å². The fraction of sp³-hybridized carbons (Fsp3) is 0.500. The summed E-state index contributed by atoms with van der Waals surface area (Å²) in [4.78, 5) is 28.2. The summed E-state index contributed by atoms with van der Waals surface area (Å²) in [5.41, 5.74) is 2.08. The van der Waals surface area contributed by atoms with E-state index in [1.54, 1.807) is 33.3 Å². The molecule has 7 heteroatoms. The summed E-state index contributed by atoms with van der Waals surface area (Å²) in [6.45, 7) is 4.46. The van der Waals surface area contributed by atoms with Crippen molar-refractivity contribution < 1.29 is 14.7 Å². The van der Waals surface area contributed by atoms with Gasteiger partial charge in [0.1, 0.15) is 5.37 Å². The fourth-order valence-corrected chi connectivity index (χ4v) is 6.26. The zero-order valence-electron chi connectivity index (χ0n) is 15.9. The summed E-state index contributed by atoms with van der Waals surface area (Å²) in [5.74, 6) is 0.527. The molecule has 2 heterocycles. The van der Waals surface area contributed by atoms with Gasteiger partial charge in [-0.05, 0) is 18.9 Å². The van der Waals surface area contributed by atoms with Crippen LogP contribution in [-0.2, 0) is 16.1 Å². The molecule has 1 aromatic carbocycles. The predicted molar refractivity (Wildman–Crippen MR) is 111 cm³/mol. The standard InChI is InChI=1S/C20H26N2O3S2/c1-4-15(23)17-18(25)22-13(2)20(27-19(17)22)26-11-10-16(24)21(3)12-14-8-6-5-7-9-14/h5-9,15,17,19,23H,4,10-12H2,1-3H3/t15-,17+,19+/m0/s1. The number of thioether (sulfide) groups is 2. The Hall–Kier alpha value is -1.44. The van der Waals surface area contributed by atoms with Crippen LogP contribution in [0.5, 0.6) is 0 Å². The number of fused-ring (bicyclic) bond motifs is 1. The molecule has 0 radical (unpaired) electrons.